The molecule has 4 aromatic carbocycles. The lowest BCUT2D eigenvalue weighted by Crippen LogP contribution is -2.42. The second-order valence-corrected chi connectivity index (χ2v) is 8.46. The first-order valence-corrected chi connectivity index (χ1v) is 11.5. The van der Waals surface area contributed by atoms with E-state index in [9.17, 15) is 9.18 Å². The van der Waals surface area contributed by atoms with Gasteiger partial charge in [0.05, 0.1) is 20.3 Å². The van der Waals surface area contributed by atoms with E-state index >= 15 is 0 Å². The van der Waals surface area contributed by atoms with Gasteiger partial charge >= 0.3 is 0 Å². The minimum Gasteiger partial charge on any atom is -0.493 e. The van der Waals surface area contributed by atoms with Crippen LogP contribution in [-0.2, 0) is 6.42 Å². The van der Waals surface area contributed by atoms with Crippen LogP contribution >= 0.6 is 0 Å². The predicted octanol–water partition coefficient (Wildman–Crippen LogP) is 5.81. The summed E-state index contributed by atoms with van der Waals surface area (Å²) in [4.78, 5) is 15.8. The van der Waals surface area contributed by atoms with E-state index in [1.165, 1.54) is 12.1 Å². The molecule has 35 heavy (non-hydrogen) atoms. The van der Waals surface area contributed by atoms with Gasteiger partial charge in [-0.2, -0.15) is 0 Å². The third kappa shape index (κ3) is 4.39. The first-order valence-electron chi connectivity index (χ1n) is 11.5. The molecule has 1 aliphatic heterocycles. The molecule has 1 heterocycles. The van der Waals surface area contributed by atoms with Gasteiger partial charge in [-0.1, -0.05) is 36.4 Å². The van der Waals surface area contributed by atoms with E-state index in [-0.39, 0.29) is 24.4 Å². The molecular formula is C29H26FNO4. The van der Waals surface area contributed by atoms with Gasteiger partial charge in [-0.25, -0.2) is 4.39 Å². The summed E-state index contributed by atoms with van der Waals surface area (Å²) in [7, 11) is 3.20. The Balaban J connectivity index is 1.55. The monoisotopic (exact) mass is 471 g/mol. The molecule has 178 valence electrons. The number of fused-ring (bicyclic) bond motifs is 2. The summed E-state index contributed by atoms with van der Waals surface area (Å²) in [5, 5.41) is 1.93. The number of methoxy groups -OCH3 is 2. The molecule has 5 rings (SSSR count). The van der Waals surface area contributed by atoms with Crippen LogP contribution in [-0.4, -0.2) is 38.2 Å². The van der Waals surface area contributed by atoms with Crippen LogP contribution in [0.2, 0.25) is 0 Å². The summed E-state index contributed by atoms with van der Waals surface area (Å²) in [5.41, 5.74) is 2.68. The molecule has 0 fully saturated rings. The third-order valence-corrected chi connectivity index (χ3v) is 6.51. The van der Waals surface area contributed by atoms with Crippen molar-refractivity contribution in [3.8, 4) is 17.2 Å². The Morgan fingerprint density at radius 2 is 1.66 bits per heavy atom. The molecule has 0 aliphatic carbocycles. The fourth-order valence-electron chi connectivity index (χ4n) is 4.72. The van der Waals surface area contributed by atoms with Crippen molar-refractivity contribution in [1.82, 2.24) is 4.90 Å². The summed E-state index contributed by atoms with van der Waals surface area (Å²) in [6.07, 6.45) is 0.680. The van der Waals surface area contributed by atoms with Crippen molar-refractivity contribution in [1.29, 1.82) is 0 Å². The van der Waals surface area contributed by atoms with E-state index in [2.05, 4.69) is 0 Å². The maximum absolute atomic E-state index is 13.9. The van der Waals surface area contributed by atoms with Gasteiger partial charge in [0.1, 0.15) is 18.2 Å². The Morgan fingerprint density at radius 1 is 0.943 bits per heavy atom. The van der Waals surface area contributed by atoms with Crippen molar-refractivity contribution >= 4 is 16.7 Å². The SMILES string of the molecule is COc1cc2c(cc1OC)[C@@H](COc1ccc(F)cc1)N(C(=O)c1cccc3ccccc13)CC2. The van der Waals surface area contributed by atoms with E-state index in [1.54, 1.807) is 26.4 Å². The molecule has 0 N–H and O–H groups in total. The van der Waals surface area contributed by atoms with Crippen molar-refractivity contribution in [3.05, 3.63) is 101 Å². The Hall–Kier alpha value is -4.06. The van der Waals surface area contributed by atoms with Gasteiger partial charge in [-0.15, -0.1) is 0 Å². The van der Waals surface area contributed by atoms with Crippen LogP contribution in [0.1, 0.15) is 27.5 Å². The summed E-state index contributed by atoms with van der Waals surface area (Å²) in [6, 6.07) is 23.1. The smallest absolute Gasteiger partial charge is 0.255 e. The van der Waals surface area contributed by atoms with Crippen LogP contribution in [0.15, 0.2) is 78.9 Å². The molecular weight excluding hydrogens is 445 g/mol. The number of hydrogen-bond acceptors (Lipinski definition) is 4. The first-order chi connectivity index (χ1) is 17.1. The van der Waals surface area contributed by atoms with Gasteiger partial charge in [-0.3, -0.25) is 4.79 Å². The number of nitrogens with zero attached hydrogens (tertiary/aromatic N) is 1. The van der Waals surface area contributed by atoms with Gasteiger partial charge < -0.3 is 19.1 Å². The summed E-state index contributed by atoms with van der Waals surface area (Å²) < 4.78 is 30.5. The molecule has 0 saturated carbocycles. The van der Waals surface area contributed by atoms with E-state index in [4.69, 9.17) is 14.2 Å². The molecule has 4 aromatic rings. The molecule has 6 heteroatoms. The standard InChI is InChI=1S/C29H26FNO4/c1-33-27-16-20-14-15-31(29(32)24-9-5-7-19-6-3-4-8-23(19)24)26(25(20)17-28(27)34-2)18-35-22-12-10-21(30)11-13-22/h3-13,16-17,26H,14-15,18H2,1-2H3/t26-/m1/s1. The van der Waals surface area contributed by atoms with Crippen molar-refractivity contribution in [3.63, 3.8) is 0 Å². The summed E-state index contributed by atoms with van der Waals surface area (Å²) in [6.45, 7) is 0.743. The first kappa shape index (κ1) is 22.7. The largest absolute Gasteiger partial charge is 0.493 e. The molecule has 0 unspecified atom stereocenters. The van der Waals surface area contributed by atoms with Gasteiger partial charge in [0.25, 0.3) is 5.91 Å². The highest BCUT2D eigenvalue weighted by Gasteiger charge is 2.34. The Morgan fingerprint density at radius 3 is 2.43 bits per heavy atom. The molecule has 1 atom stereocenters. The minimum atomic E-state index is -0.366. The zero-order valence-corrected chi connectivity index (χ0v) is 19.7. The maximum Gasteiger partial charge on any atom is 0.255 e. The van der Waals surface area contributed by atoms with Crippen molar-refractivity contribution in [2.75, 3.05) is 27.4 Å². The van der Waals surface area contributed by atoms with E-state index < -0.39 is 0 Å². The lowest BCUT2D eigenvalue weighted by Gasteiger charge is -2.38. The Labute approximate surface area is 203 Å². The van der Waals surface area contributed by atoms with Crippen molar-refractivity contribution in [2.45, 2.75) is 12.5 Å². The number of halogens is 1. The number of rotatable bonds is 6. The van der Waals surface area contributed by atoms with Crippen molar-refractivity contribution in [2.24, 2.45) is 0 Å². The zero-order chi connectivity index (χ0) is 24.4. The van der Waals surface area contributed by atoms with Gasteiger partial charge in [0.15, 0.2) is 11.5 Å². The molecule has 0 radical (unpaired) electrons. The highest BCUT2D eigenvalue weighted by atomic mass is 19.1. The summed E-state index contributed by atoms with van der Waals surface area (Å²) >= 11 is 0. The number of carbonyl (C=O) groups is 1. The van der Waals surface area contributed by atoms with Crippen LogP contribution in [0.3, 0.4) is 0 Å². The van der Waals surface area contributed by atoms with Crippen LogP contribution in [0.25, 0.3) is 10.8 Å². The quantitative estimate of drug-likeness (QED) is 0.356. The molecule has 0 aromatic heterocycles. The molecule has 5 nitrogen and oxygen atoms in total. The van der Waals surface area contributed by atoms with Crippen molar-refractivity contribution < 1.29 is 23.4 Å². The van der Waals surface area contributed by atoms with Crippen LogP contribution in [0.5, 0.6) is 17.2 Å². The highest BCUT2D eigenvalue weighted by molar-refractivity contribution is 6.07. The van der Waals surface area contributed by atoms with E-state index in [0.717, 1.165) is 21.9 Å². The second kappa shape index (κ2) is 9.66. The van der Waals surface area contributed by atoms with E-state index in [1.807, 2.05) is 59.5 Å². The van der Waals surface area contributed by atoms with Crippen LogP contribution < -0.4 is 14.2 Å². The fraction of sp³-hybridized carbons (Fsp3) is 0.207. The average molecular weight is 472 g/mol. The maximum atomic E-state index is 13.9. The van der Waals surface area contributed by atoms with Crippen LogP contribution in [0, 0.1) is 5.82 Å². The highest BCUT2D eigenvalue weighted by Crippen LogP contribution is 2.39. The lowest BCUT2D eigenvalue weighted by atomic mass is 9.91. The fourth-order valence-corrected chi connectivity index (χ4v) is 4.72. The van der Waals surface area contributed by atoms with Gasteiger partial charge in [0.2, 0.25) is 0 Å². The van der Waals surface area contributed by atoms with Gasteiger partial charge in [-0.05, 0) is 70.8 Å². The number of amides is 1. The predicted molar refractivity (Wildman–Crippen MR) is 133 cm³/mol. The Kier molecular flexibility index (Phi) is 6.27. The molecule has 0 bridgehead atoms. The number of benzene rings is 4. The number of carbonyl (C=O) groups excluding carboxylic acids is 1. The molecule has 0 spiro atoms. The van der Waals surface area contributed by atoms with Gasteiger partial charge in [0, 0.05) is 12.1 Å². The number of ether oxygens (including phenoxy) is 3. The number of hydrogen-bond donors (Lipinski definition) is 0. The zero-order valence-electron chi connectivity index (χ0n) is 19.7. The topological polar surface area (TPSA) is 48.0 Å². The Bertz CT molecular complexity index is 1360. The molecule has 1 aliphatic rings. The lowest BCUT2D eigenvalue weighted by molar-refractivity contribution is 0.0591. The third-order valence-electron chi connectivity index (χ3n) is 6.51. The average Bonchev–Trinajstić information content (AvgIpc) is 2.91. The van der Waals surface area contributed by atoms with E-state index in [0.29, 0.717) is 35.8 Å². The summed E-state index contributed by atoms with van der Waals surface area (Å²) in [5.74, 6) is 1.40. The minimum absolute atomic E-state index is 0.0602. The molecule has 0 saturated heterocycles. The normalized spacial score (nSPS) is 14.9. The van der Waals surface area contributed by atoms with Crippen LogP contribution in [0.4, 0.5) is 4.39 Å². The second-order valence-electron chi connectivity index (χ2n) is 8.46. The molecule has 1 amide bonds.